The van der Waals surface area contributed by atoms with Crippen LogP contribution in [-0.2, 0) is 22.9 Å². The summed E-state index contributed by atoms with van der Waals surface area (Å²) in [6.07, 6.45) is 0.620. The third-order valence-electron chi connectivity index (χ3n) is 3.48. The number of aryl methyl sites for hydroxylation is 2. The molecule has 1 heterocycles. The molecule has 0 saturated carbocycles. The molecule has 0 fully saturated rings. The lowest BCUT2D eigenvalue weighted by Crippen LogP contribution is -2.22. The van der Waals surface area contributed by atoms with Crippen molar-refractivity contribution in [3.63, 3.8) is 0 Å². The van der Waals surface area contributed by atoms with Gasteiger partial charge in [0.25, 0.3) is 0 Å². The molecule has 0 aliphatic rings. The van der Waals surface area contributed by atoms with Crippen molar-refractivity contribution >= 4 is 9.84 Å². The average molecular weight is 301 g/mol. The zero-order valence-electron chi connectivity index (χ0n) is 13.2. The van der Waals surface area contributed by atoms with Gasteiger partial charge in [0.05, 0.1) is 11.4 Å². The summed E-state index contributed by atoms with van der Waals surface area (Å²) in [5.74, 6) is 0.453. The average Bonchev–Trinajstić information content (AvgIpc) is 2.62. The van der Waals surface area contributed by atoms with Crippen molar-refractivity contribution in [2.75, 3.05) is 11.5 Å². The van der Waals surface area contributed by atoms with E-state index in [1.54, 1.807) is 6.92 Å². The van der Waals surface area contributed by atoms with Gasteiger partial charge in [0, 0.05) is 36.1 Å². The third-order valence-corrected chi connectivity index (χ3v) is 5.27. The van der Waals surface area contributed by atoms with Crippen LogP contribution in [0.3, 0.4) is 0 Å². The SMILES string of the molecule is CCS(=O)(=O)CCCn1nc(C)c(CNC(C)C)c1C. The molecule has 0 amide bonds. The number of nitrogens with one attached hydrogen (secondary N) is 1. The topological polar surface area (TPSA) is 64.0 Å². The first kappa shape index (κ1) is 17.2. The van der Waals surface area contributed by atoms with E-state index in [0.29, 0.717) is 19.0 Å². The molecule has 0 saturated heterocycles. The first-order valence-electron chi connectivity index (χ1n) is 7.23. The summed E-state index contributed by atoms with van der Waals surface area (Å²) < 4.78 is 24.9. The lowest BCUT2D eigenvalue weighted by Gasteiger charge is -2.09. The Morgan fingerprint density at radius 3 is 2.50 bits per heavy atom. The number of aromatic nitrogens is 2. The highest BCUT2D eigenvalue weighted by Gasteiger charge is 2.13. The molecule has 1 aromatic heterocycles. The van der Waals surface area contributed by atoms with E-state index in [9.17, 15) is 8.42 Å². The number of rotatable bonds is 8. The van der Waals surface area contributed by atoms with E-state index >= 15 is 0 Å². The fraction of sp³-hybridized carbons (Fsp3) is 0.786. The summed E-state index contributed by atoms with van der Waals surface area (Å²) in [6.45, 7) is 11.4. The molecule has 1 aromatic rings. The Balaban J connectivity index is 2.66. The molecule has 1 rings (SSSR count). The number of nitrogens with zero attached hydrogens (tertiary/aromatic N) is 2. The zero-order chi connectivity index (χ0) is 15.3. The summed E-state index contributed by atoms with van der Waals surface area (Å²) in [5.41, 5.74) is 3.37. The lowest BCUT2D eigenvalue weighted by molar-refractivity contribution is 0.561. The minimum Gasteiger partial charge on any atom is -0.310 e. The molecule has 5 nitrogen and oxygen atoms in total. The van der Waals surface area contributed by atoms with Crippen LogP contribution in [0.2, 0.25) is 0 Å². The molecule has 0 spiro atoms. The van der Waals surface area contributed by atoms with Gasteiger partial charge in [0.2, 0.25) is 0 Å². The maximum atomic E-state index is 11.5. The van der Waals surface area contributed by atoms with Crippen LogP contribution in [-0.4, -0.2) is 35.7 Å². The largest absolute Gasteiger partial charge is 0.310 e. The fourth-order valence-electron chi connectivity index (χ4n) is 2.09. The summed E-state index contributed by atoms with van der Waals surface area (Å²) in [7, 11) is -2.88. The molecular weight excluding hydrogens is 274 g/mol. The van der Waals surface area contributed by atoms with E-state index in [-0.39, 0.29) is 11.5 Å². The van der Waals surface area contributed by atoms with Gasteiger partial charge >= 0.3 is 0 Å². The summed E-state index contributed by atoms with van der Waals surface area (Å²) >= 11 is 0. The molecule has 0 bridgehead atoms. The van der Waals surface area contributed by atoms with E-state index in [2.05, 4.69) is 24.3 Å². The predicted molar refractivity (Wildman–Crippen MR) is 82.6 cm³/mol. The van der Waals surface area contributed by atoms with Gasteiger partial charge in [-0.05, 0) is 20.3 Å². The third kappa shape index (κ3) is 4.90. The minimum atomic E-state index is -2.88. The monoisotopic (exact) mass is 301 g/mol. The van der Waals surface area contributed by atoms with E-state index in [1.165, 1.54) is 5.56 Å². The van der Waals surface area contributed by atoms with Crippen molar-refractivity contribution in [2.24, 2.45) is 0 Å². The van der Waals surface area contributed by atoms with Crippen molar-refractivity contribution in [1.82, 2.24) is 15.1 Å². The van der Waals surface area contributed by atoms with Gasteiger partial charge in [-0.2, -0.15) is 5.10 Å². The summed E-state index contributed by atoms with van der Waals surface area (Å²) in [6, 6.07) is 0.437. The second-order valence-corrected chi connectivity index (χ2v) is 7.97. The molecule has 0 unspecified atom stereocenters. The molecule has 0 aliphatic heterocycles. The van der Waals surface area contributed by atoms with Crippen molar-refractivity contribution in [1.29, 1.82) is 0 Å². The highest BCUT2D eigenvalue weighted by molar-refractivity contribution is 7.91. The minimum absolute atomic E-state index is 0.216. The van der Waals surface area contributed by atoms with E-state index in [0.717, 1.165) is 17.9 Å². The second kappa shape index (κ2) is 7.22. The predicted octanol–water partition coefficient (Wildman–Crippen LogP) is 1.82. The van der Waals surface area contributed by atoms with Crippen LogP contribution >= 0.6 is 0 Å². The van der Waals surface area contributed by atoms with Crippen LogP contribution < -0.4 is 5.32 Å². The number of sulfone groups is 1. The standard InChI is InChI=1S/C14H27N3O2S/c1-6-20(18,19)9-7-8-17-13(5)14(12(4)16-17)10-15-11(2)3/h11,15H,6-10H2,1-5H3. The second-order valence-electron chi connectivity index (χ2n) is 5.50. The lowest BCUT2D eigenvalue weighted by atomic mass is 10.2. The quantitative estimate of drug-likeness (QED) is 0.795. The number of hydrogen-bond donors (Lipinski definition) is 1. The smallest absolute Gasteiger partial charge is 0.150 e. The van der Waals surface area contributed by atoms with E-state index < -0.39 is 9.84 Å². The van der Waals surface area contributed by atoms with Crippen molar-refractivity contribution in [3.05, 3.63) is 17.0 Å². The van der Waals surface area contributed by atoms with Gasteiger partial charge in [-0.15, -0.1) is 0 Å². The van der Waals surface area contributed by atoms with Gasteiger partial charge in [-0.3, -0.25) is 4.68 Å². The van der Waals surface area contributed by atoms with Gasteiger partial charge in [-0.25, -0.2) is 8.42 Å². The summed E-state index contributed by atoms with van der Waals surface area (Å²) in [4.78, 5) is 0. The first-order chi connectivity index (χ1) is 9.26. The first-order valence-corrected chi connectivity index (χ1v) is 9.05. The van der Waals surface area contributed by atoms with Crippen molar-refractivity contribution in [2.45, 2.75) is 60.2 Å². The Labute approximate surface area is 122 Å². The summed E-state index contributed by atoms with van der Waals surface area (Å²) in [5, 5.41) is 7.91. The maximum Gasteiger partial charge on any atom is 0.150 e. The molecule has 0 radical (unpaired) electrons. The zero-order valence-corrected chi connectivity index (χ0v) is 14.0. The maximum absolute atomic E-state index is 11.5. The Morgan fingerprint density at radius 2 is 1.95 bits per heavy atom. The molecule has 116 valence electrons. The molecule has 0 aliphatic carbocycles. The van der Waals surface area contributed by atoms with Gasteiger partial charge in [-0.1, -0.05) is 20.8 Å². The van der Waals surface area contributed by atoms with Crippen LogP contribution in [0.4, 0.5) is 0 Å². The molecule has 0 atom stereocenters. The van der Waals surface area contributed by atoms with Crippen molar-refractivity contribution < 1.29 is 8.42 Å². The highest BCUT2D eigenvalue weighted by Crippen LogP contribution is 2.13. The molecule has 1 N–H and O–H groups in total. The van der Waals surface area contributed by atoms with E-state index in [4.69, 9.17) is 0 Å². The Hall–Kier alpha value is -0.880. The molecular formula is C14H27N3O2S. The van der Waals surface area contributed by atoms with Gasteiger partial charge < -0.3 is 5.32 Å². The van der Waals surface area contributed by atoms with Gasteiger partial charge in [0.1, 0.15) is 9.84 Å². The van der Waals surface area contributed by atoms with Crippen LogP contribution in [0.5, 0.6) is 0 Å². The van der Waals surface area contributed by atoms with Gasteiger partial charge in [0.15, 0.2) is 0 Å². The molecule has 6 heteroatoms. The molecule has 0 aromatic carbocycles. The Morgan fingerprint density at radius 1 is 1.30 bits per heavy atom. The van der Waals surface area contributed by atoms with Crippen LogP contribution in [0.25, 0.3) is 0 Å². The van der Waals surface area contributed by atoms with Crippen LogP contribution in [0, 0.1) is 13.8 Å². The van der Waals surface area contributed by atoms with Crippen molar-refractivity contribution in [3.8, 4) is 0 Å². The normalized spacial score (nSPS) is 12.3. The van der Waals surface area contributed by atoms with Crippen LogP contribution in [0.1, 0.15) is 44.1 Å². The fourth-order valence-corrected chi connectivity index (χ4v) is 2.95. The molecule has 20 heavy (non-hydrogen) atoms. The van der Waals surface area contributed by atoms with Crippen LogP contribution in [0.15, 0.2) is 0 Å². The number of hydrogen-bond acceptors (Lipinski definition) is 4. The Bertz CT molecular complexity index is 533. The van der Waals surface area contributed by atoms with E-state index in [1.807, 2.05) is 18.5 Å². The highest BCUT2D eigenvalue weighted by atomic mass is 32.2. The Kier molecular flexibility index (Phi) is 6.20.